The Morgan fingerprint density at radius 2 is 2.18 bits per heavy atom. The van der Waals surface area contributed by atoms with Crippen LogP contribution in [0.15, 0.2) is 29.2 Å². The Morgan fingerprint density at radius 1 is 1.36 bits per heavy atom. The van der Waals surface area contributed by atoms with Crippen LogP contribution < -0.4 is 10.5 Å². The first-order chi connectivity index (χ1) is 10.5. The molecule has 1 aromatic heterocycles. The van der Waals surface area contributed by atoms with E-state index < -0.39 is 23.3 Å². The number of nitrogens with zero attached hydrogens (tertiary/aromatic N) is 2. The van der Waals surface area contributed by atoms with Crippen LogP contribution in [0.1, 0.15) is 11.7 Å². The number of aromatic amines is 1. The van der Waals surface area contributed by atoms with Crippen LogP contribution >= 0.6 is 11.6 Å². The molecule has 1 aliphatic rings. The molecular formula is C14H12ClF2N3O2. The molecule has 1 atom stereocenters. The maximum absolute atomic E-state index is 13.3. The van der Waals surface area contributed by atoms with Gasteiger partial charge in [0.1, 0.15) is 11.1 Å². The van der Waals surface area contributed by atoms with Gasteiger partial charge in [-0.1, -0.05) is 17.7 Å². The van der Waals surface area contributed by atoms with Crippen molar-refractivity contribution in [2.75, 3.05) is 24.6 Å². The summed E-state index contributed by atoms with van der Waals surface area (Å²) in [6.45, 7) is 1.25. The highest BCUT2D eigenvalue weighted by molar-refractivity contribution is 6.30. The lowest BCUT2D eigenvalue weighted by atomic mass is 10.1. The van der Waals surface area contributed by atoms with Crippen molar-refractivity contribution in [3.8, 4) is 0 Å². The lowest BCUT2D eigenvalue weighted by molar-refractivity contribution is 0.0389. The summed E-state index contributed by atoms with van der Waals surface area (Å²) < 4.78 is 31.9. The van der Waals surface area contributed by atoms with Crippen molar-refractivity contribution >= 4 is 17.5 Å². The number of morpholine rings is 1. The van der Waals surface area contributed by atoms with Gasteiger partial charge in [-0.3, -0.25) is 9.78 Å². The third kappa shape index (κ3) is 2.95. The zero-order valence-corrected chi connectivity index (χ0v) is 12.1. The SMILES string of the molecule is O=c1[nH]c(N2CCO[C@H](c3ccc(F)c(F)c3)C2)ncc1Cl. The van der Waals surface area contributed by atoms with Crippen LogP contribution in [-0.2, 0) is 4.74 Å². The molecule has 0 bridgehead atoms. The number of halogens is 3. The topological polar surface area (TPSA) is 58.2 Å². The number of rotatable bonds is 2. The van der Waals surface area contributed by atoms with Crippen LogP contribution in [-0.4, -0.2) is 29.7 Å². The van der Waals surface area contributed by atoms with Gasteiger partial charge in [-0.15, -0.1) is 0 Å². The lowest BCUT2D eigenvalue weighted by Crippen LogP contribution is -2.40. The van der Waals surface area contributed by atoms with Crippen LogP contribution in [0.3, 0.4) is 0 Å². The van der Waals surface area contributed by atoms with E-state index in [0.29, 0.717) is 31.2 Å². The van der Waals surface area contributed by atoms with Crippen LogP contribution in [0.2, 0.25) is 5.02 Å². The fourth-order valence-corrected chi connectivity index (χ4v) is 2.38. The van der Waals surface area contributed by atoms with Gasteiger partial charge in [0.15, 0.2) is 11.6 Å². The molecule has 0 saturated carbocycles. The number of nitrogens with one attached hydrogen (secondary N) is 1. The Morgan fingerprint density at radius 3 is 2.91 bits per heavy atom. The normalized spacial score (nSPS) is 18.5. The minimum Gasteiger partial charge on any atom is -0.370 e. The number of anilines is 1. The summed E-state index contributed by atoms with van der Waals surface area (Å²) in [5.74, 6) is -1.46. The summed E-state index contributed by atoms with van der Waals surface area (Å²) in [5, 5.41) is 0.00849. The van der Waals surface area contributed by atoms with E-state index in [1.165, 1.54) is 12.3 Å². The predicted molar refractivity (Wildman–Crippen MR) is 77.1 cm³/mol. The molecule has 2 aromatic rings. The van der Waals surface area contributed by atoms with Gasteiger partial charge in [0.05, 0.1) is 19.3 Å². The third-order valence-corrected chi connectivity index (χ3v) is 3.69. The highest BCUT2D eigenvalue weighted by Gasteiger charge is 2.24. The van der Waals surface area contributed by atoms with Crippen molar-refractivity contribution in [3.05, 3.63) is 57.0 Å². The van der Waals surface area contributed by atoms with Gasteiger partial charge in [0.25, 0.3) is 5.56 Å². The minimum atomic E-state index is -0.920. The molecule has 1 aliphatic heterocycles. The number of ether oxygens (including phenoxy) is 1. The zero-order valence-electron chi connectivity index (χ0n) is 11.4. The van der Waals surface area contributed by atoms with E-state index in [0.717, 1.165) is 12.1 Å². The molecule has 0 spiro atoms. The first-order valence-corrected chi connectivity index (χ1v) is 6.98. The Kier molecular flexibility index (Phi) is 4.08. The maximum Gasteiger partial charge on any atom is 0.271 e. The van der Waals surface area contributed by atoms with Crippen LogP contribution in [0.25, 0.3) is 0 Å². The van der Waals surface area contributed by atoms with Gasteiger partial charge in [-0.2, -0.15) is 0 Å². The standard InChI is InChI=1S/C14H12ClF2N3O2/c15-9-6-18-14(19-13(9)21)20-3-4-22-12(7-20)8-1-2-10(16)11(17)5-8/h1-2,5-6,12H,3-4,7H2,(H,18,19,21)/t12-/m0/s1. The van der Waals surface area contributed by atoms with Gasteiger partial charge in [-0.25, -0.2) is 13.8 Å². The van der Waals surface area contributed by atoms with Crippen molar-refractivity contribution in [1.29, 1.82) is 0 Å². The Bertz CT molecular complexity index is 753. The Labute approximate surface area is 129 Å². The highest BCUT2D eigenvalue weighted by atomic mass is 35.5. The molecule has 0 radical (unpaired) electrons. The molecule has 1 N–H and O–H groups in total. The van der Waals surface area contributed by atoms with Crippen molar-refractivity contribution in [2.45, 2.75) is 6.10 Å². The van der Waals surface area contributed by atoms with E-state index in [-0.39, 0.29) is 5.02 Å². The Balaban J connectivity index is 1.83. The molecule has 1 aromatic carbocycles. The number of aromatic nitrogens is 2. The summed E-state index contributed by atoms with van der Waals surface area (Å²) in [6, 6.07) is 3.65. The maximum atomic E-state index is 13.3. The highest BCUT2D eigenvalue weighted by Crippen LogP contribution is 2.25. The van der Waals surface area contributed by atoms with E-state index >= 15 is 0 Å². The van der Waals surface area contributed by atoms with Crippen molar-refractivity contribution < 1.29 is 13.5 Å². The first-order valence-electron chi connectivity index (χ1n) is 6.61. The van der Waals surface area contributed by atoms with E-state index in [1.807, 2.05) is 0 Å². The summed E-state index contributed by atoms with van der Waals surface area (Å²) in [4.78, 5) is 20.0. The molecule has 116 valence electrons. The van der Waals surface area contributed by atoms with Gasteiger partial charge in [-0.05, 0) is 17.7 Å². The summed E-state index contributed by atoms with van der Waals surface area (Å²) in [5.41, 5.74) is 0.0995. The monoisotopic (exact) mass is 327 g/mol. The molecule has 2 heterocycles. The smallest absolute Gasteiger partial charge is 0.271 e. The molecule has 0 amide bonds. The summed E-state index contributed by atoms with van der Waals surface area (Å²) in [7, 11) is 0. The third-order valence-electron chi connectivity index (χ3n) is 3.42. The lowest BCUT2D eigenvalue weighted by Gasteiger charge is -2.33. The summed E-state index contributed by atoms with van der Waals surface area (Å²) >= 11 is 5.65. The number of hydrogen-bond donors (Lipinski definition) is 1. The molecule has 0 aliphatic carbocycles. The largest absolute Gasteiger partial charge is 0.370 e. The van der Waals surface area contributed by atoms with Gasteiger partial charge >= 0.3 is 0 Å². The fraction of sp³-hybridized carbons (Fsp3) is 0.286. The second-order valence-corrected chi connectivity index (χ2v) is 5.27. The number of hydrogen-bond acceptors (Lipinski definition) is 4. The van der Waals surface area contributed by atoms with E-state index in [1.54, 1.807) is 4.90 Å². The molecule has 8 heteroatoms. The van der Waals surface area contributed by atoms with Gasteiger partial charge < -0.3 is 9.64 Å². The van der Waals surface area contributed by atoms with Gasteiger partial charge in [0.2, 0.25) is 5.95 Å². The summed E-state index contributed by atoms with van der Waals surface area (Å²) in [6.07, 6.45) is 0.836. The molecule has 1 saturated heterocycles. The molecule has 5 nitrogen and oxygen atoms in total. The molecular weight excluding hydrogens is 316 g/mol. The minimum absolute atomic E-state index is 0.00849. The average Bonchev–Trinajstić information content (AvgIpc) is 2.53. The van der Waals surface area contributed by atoms with Crippen molar-refractivity contribution in [1.82, 2.24) is 9.97 Å². The fourth-order valence-electron chi connectivity index (χ4n) is 2.29. The Hall–Kier alpha value is -1.99. The molecule has 0 unspecified atom stereocenters. The average molecular weight is 328 g/mol. The molecule has 22 heavy (non-hydrogen) atoms. The molecule has 3 rings (SSSR count). The van der Waals surface area contributed by atoms with Crippen LogP contribution in [0, 0.1) is 11.6 Å². The van der Waals surface area contributed by atoms with Crippen molar-refractivity contribution in [2.24, 2.45) is 0 Å². The zero-order chi connectivity index (χ0) is 15.7. The van der Waals surface area contributed by atoms with Crippen LogP contribution in [0.4, 0.5) is 14.7 Å². The van der Waals surface area contributed by atoms with Crippen molar-refractivity contribution in [3.63, 3.8) is 0 Å². The number of benzene rings is 1. The second kappa shape index (κ2) is 6.02. The molecule has 1 fully saturated rings. The quantitative estimate of drug-likeness (QED) is 0.919. The van der Waals surface area contributed by atoms with E-state index in [9.17, 15) is 13.6 Å². The van der Waals surface area contributed by atoms with E-state index in [2.05, 4.69) is 9.97 Å². The second-order valence-electron chi connectivity index (χ2n) is 4.86. The van der Waals surface area contributed by atoms with Crippen LogP contribution in [0.5, 0.6) is 0 Å². The number of H-pyrrole nitrogens is 1. The van der Waals surface area contributed by atoms with Gasteiger partial charge in [0, 0.05) is 6.54 Å². The first kappa shape index (κ1) is 14.9. The predicted octanol–water partition coefficient (Wildman–Crippen LogP) is 2.28. The van der Waals surface area contributed by atoms with E-state index in [4.69, 9.17) is 16.3 Å².